The topological polar surface area (TPSA) is 82.9 Å². The lowest BCUT2D eigenvalue weighted by atomic mass is 9.79. The Morgan fingerprint density at radius 1 is 1.29 bits per heavy atom. The van der Waals surface area contributed by atoms with Crippen LogP contribution in [0.15, 0.2) is 48.0 Å². The molecule has 1 saturated heterocycles. The highest BCUT2D eigenvalue weighted by Crippen LogP contribution is 2.35. The second kappa shape index (κ2) is 11.8. The van der Waals surface area contributed by atoms with Gasteiger partial charge in [-0.2, -0.15) is 0 Å². The van der Waals surface area contributed by atoms with Crippen molar-refractivity contribution >= 4 is 28.2 Å². The molecule has 0 radical (unpaired) electrons. The van der Waals surface area contributed by atoms with Crippen molar-refractivity contribution in [1.29, 1.82) is 0 Å². The maximum Gasteiger partial charge on any atom is 0.303 e. The van der Waals surface area contributed by atoms with E-state index in [4.69, 9.17) is 4.74 Å². The van der Waals surface area contributed by atoms with Crippen molar-refractivity contribution in [3.8, 4) is 5.75 Å². The van der Waals surface area contributed by atoms with Crippen molar-refractivity contribution in [1.82, 2.24) is 9.88 Å². The third-order valence-corrected chi connectivity index (χ3v) is 7.98. The van der Waals surface area contributed by atoms with Crippen molar-refractivity contribution in [2.45, 2.75) is 44.6 Å². The molecule has 1 aromatic carbocycles. The summed E-state index contributed by atoms with van der Waals surface area (Å²) in [5, 5.41) is 23.6. The Kier molecular flexibility index (Phi) is 8.53. The summed E-state index contributed by atoms with van der Waals surface area (Å²) in [6, 6.07) is 11.8. The maximum absolute atomic E-state index is 11.6. The number of rotatable bonds is 11. The minimum atomic E-state index is -0.733. The normalized spacial score (nSPS) is 19.8. The number of hydrogen-bond donors (Lipinski definition) is 2. The van der Waals surface area contributed by atoms with E-state index in [-0.39, 0.29) is 12.3 Å². The van der Waals surface area contributed by atoms with Crippen molar-refractivity contribution in [3.05, 3.63) is 58.4 Å². The number of hydrogen-bond acceptors (Lipinski definition) is 6. The molecule has 1 aliphatic heterocycles. The van der Waals surface area contributed by atoms with Crippen LogP contribution in [-0.4, -0.2) is 52.8 Å². The van der Waals surface area contributed by atoms with E-state index in [2.05, 4.69) is 27.4 Å². The van der Waals surface area contributed by atoms with Crippen LogP contribution in [-0.2, 0) is 11.2 Å². The van der Waals surface area contributed by atoms with E-state index in [1.807, 2.05) is 24.3 Å². The Bertz CT molecular complexity index is 1070. The van der Waals surface area contributed by atoms with E-state index >= 15 is 0 Å². The number of pyridine rings is 1. The summed E-state index contributed by atoms with van der Waals surface area (Å²) in [6.07, 6.45) is 5.89. The van der Waals surface area contributed by atoms with Gasteiger partial charge < -0.3 is 19.8 Å². The van der Waals surface area contributed by atoms with Gasteiger partial charge in [0.1, 0.15) is 5.75 Å². The predicted molar refractivity (Wildman–Crippen MR) is 135 cm³/mol. The number of fused-ring (bicyclic) bond motifs is 1. The van der Waals surface area contributed by atoms with Crippen molar-refractivity contribution in [3.63, 3.8) is 0 Å². The van der Waals surface area contributed by atoms with Gasteiger partial charge in [-0.1, -0.05) is 6.07 Å². The Morgan fingerprint density at radius 2 is 2.18 bits per heavy atom. The molecule has 0 bridgehead atoms. The van der Waals surface area contributed by atoms with Gasteiger partial charge in [0.25, 0.3) is 0 Å². The third-order valence-electron chi connectivity index (χ3n) is 7.04. The van der Waals surface area contributed by atoms with Crippen LogP contribution in [0.25, 0.3) is 10.9 Å². The lowest BCUT2D eigenvalue weighted by Gasteiger charge is -2.38. The summed E-state index contributed by atoms with van der Waals surface area (Å²) in [7, 11) is 1.63. The predicted octanol–water partition coefficient (Wildman–Crippen LogP) is 5.16. The lowest BCUT2D eigenvalue weighted by Crippen LogP contribution is -2.42. The van der Waals surface area contributed by atoms with Gasteiger partial charge in [-0.3, -0.25) is 9.78 Å². The Morgan fingerprint density at radius 3 is 2.94 bits per heavy atom. The van der Waals surface area contributed by atoms with Crippen LogP contribution in [0, 0.1) is 11.8 Å². The fraction of sp³-hybridized carbons (Fsp3) is 0.481. The standard InChI is InChI=1S/C27H34N2O4S/c1-33-21-7-8-25-24(17-21)23(10-12-28-25)26(30)9-6-19-11-14-29(18-20(19)16-27(31)32)13-2-4-22-5-3-15-34-22/h3,5,7-8,10,12,15,17,19-20,26,30H,2,4,6,9,11,13-14,16,18H2,1H3,(H,31,32)/t19-,20+,26-/m1/s1. The zero-order valence-electron chi connectivity index (χ0n) is 19.7. The molecule has 0 unspecified atom stereocenters. The van der Waals surface area contributed by atoms with Crippen molar-refractivity contribution in [2.75, 3.05) is 26.7 Å². The average Bonchev–Trinajstić information content (AvgIpc) is 3.36. The van der Waals surface area contributed by atoms with Crippen LogP contribution in [0.4, 0.5) is 0 Å². The molecule has 0 amide bonds. The Labute approximate surface area is 205 Å². The molecule has 2 N–H and O–H groups in total. The van der Waals surface area contributed by atoms with Crippen LogP contribution < -0.4 is 4.74 Å². The van der Waals surface area contributed by atoms with E-state index in [0.717, 1.165) is 67.5 Å². The number of carboxylic acids is 1. The first-order valence-electron chi connectivity index (χ1n) is 12.1. The molecule has 0 saturated carbocycles. The zero-order valence-corrected chi connectivity index (χ0v) is 20.5. The highest BCUT2D eigenvalue weighted by atomic mass is 32.1. The lowest BCUT2D eigenvalue weighted by molar-refractivity contribution is -0.139. The van der Waals surface area contributed by atoms with Gasteiger partial charge in [-0.05, 0) is 98.3 Å². The molecule has 1 aliphatic rings. The second-order valence-corrected chi connectivity index (χ2v) is 10.3. The molecule has 3 heterocycles. The van der Waals surface area contributed by atoms with Gasteiger partial charge in [0.2, 0.25) is 0 Å². The monoisotopic (exact) mass is 482 g/mol. The van der Waals surface area contributed by atoms with Crippen molar-refractivity contribution < 1.29 is 19.7 Å². The van der Waals surface area contributed by atoms with Crippen molar-refractivity contribution in [2.24, 2.45) is 11.8 Å². The molecule has 34 heavy (non-hydrogen) atoms. The molecule has 182 valence electrons. The van der Waals surface area contributed by atoms with Crippen LogP contribution in [0.5, 0.6) is 5.75 Å². The largest absolute Gasteiger partial charge is 0.497 e. The number of ether oxygens (including phenoxy) is 1. The summed E-state index contributed by atoms with van der Waals surface area (Å²) < 4.78 is 5.35. The number of aliphatic hydroxyl groups is 1. The molecule has 7 heteroatoms. The Hall–Kier alpha value is -2.48. The first kappa shape index (κ1) is 24.6. The van der Waals surface area contributed by atoms with Crippen LogP contribution in [0.2, 0.25) is 0 Å². The molecule has 2 aromatic heterocycles. The molecule has 1 fully saturated rings. The van der Waals surface area contributed by atoms with E-state index < -0.39 is 12.1 Å². The molecule has 0 aliphatic carbocycles. The van der Waals surface area contributed by atoms with Crippen LogP contribution in [0.1, 0.15) is 48.6 Å². The van der Waals surface area contributed by atoms with Gasteiger partial charge in [-0.15, -0.1) is 11.3 Å². The fourth-order valence-corrected chi connectivity index (χ4v) is 5.97. The number of aromatic nitrogens is 1. The van der Waals surface area contributed by atoms with E-state index in [0.29, 0.717) is 12.3 Å². The second-order valence-electron chi connectivity index (χ2n) is 9.27. The summed E-state index contributed by atoms with van der Waals surface area (Å²) in [6.45, 7) is 2.83. The highest BCUT2D eigenvalue weighted by Gasteiger charge is 2.31. The number of carbonyl (C=O) groups is 1. The summed E-state index contributed by atoms with van der Waals surface area (Å²) in [5.74, 6) is 0.432. The number of aryl methyl sites for hydroxylation is 1. The number of aliphatic carboxylic acids is 1. The summed E-state index contributed by atoms with van der Waals surface area (Å²) >= 11 is 1.80. The van der Waals surface area contributed by atoms with Crippen LogP contribution >= 0.6 is 11.3 Å². The highest BCUT2D eigenvalue weighted by molar-refractivity contribution is 7.09. The number of carboxylic acid groups (broad SMARTS) is 1. The third kappa shape index (κ3) is 6.34. The number of nitrogens with zero attached hydrogens (tertiary/aromatic N) is 2. The molecular formula is C27H34N2O4S. The SMILES string of the molecule is COc1ccc2nccc([C@H](O)CC[C@@H]3CCN(CCCc4cccs4)C[C@@H]3CC(=O)O)c2c1. The minimum absolute atomic E-state index is 0.120. The number of thiophene rings is 1. The number of methoxy groups -OCH3 is 1. The molecule has 4 rings (SSSR count). The molecule has 3 aromatic rings. The van der Waals surface area contributed by atoms with Crippen LogP contribution in [0.3, 0.4) is 0 Å². The molecule has 0 spiro atoms. The Balaban J connectivity index is 1.35. The van der Waals surface area contributed by atoms with Gasteiger partial charge >= 0.3 is 5.97 Å². The zero-order chi connectivity index (χ0) is 23.9. The minimum Gasteiger partial charge on any atom is -0.497 e. The number of aliphatic hydroxyl groups excluding tert-OH is 1. The van der Waals surface area contributed by atoms with E-state index in [9.17, 15) is 15.0 Å². The first-order valence-corrected chi connectivity index (χ1v) is 13.0. The maximum atomic E-state index is 11.6. The van der Waals surface area contributed by atoms with E-state index in [1.165, 1.54) is 4.88 Å². The fourth-order valence-electron chi connectivity index (χ4n) is 5.22. The number of likely N-dealkylation sites (tertiary alicyclic amines) is 1. The van der Waals surface area contributed by atoms with Gasteiger partial charge in [-0.25, -0.2) is 0 Å². The molecule has 3 atom stereocenters. The molecular weight excluding hydrogens is 448 g/mol. The summed E-state index contributed by atoms with van der Waals surface area (Å²) in [5.41, 5.74) is 1.68. The van der Waals surface area contributed by atoms with E-state index in [1.54, 1.807) is 24.6 Å². The first-order chi connectivity index (χ1) is 16.5. The van der Waals surface area contributed by atoms with Gasteiger partial charge in [0.05, 0.1) is 18.7 Å². The van der Waals surface area contributed by atoms with Gasteiger partial charge in [0.15, 0.2) is 0 Å². The molecule has 6 nitrogen and oxygen atoms in total. The quantitative estimate of drug-likeness (QED) is 0.393. The number of piperidine rings is 1. The summed E-state index contributed by atoms with van der Waals surface area (Å²) in [4.78, 5) is 19.8. The van der Waals surface area contributed by atoms with Gasteiger partial charge in [0, 0.05) is 29.4 Å². The number of benzene rings is 1. The smallest absolute Gasteiger partial charge is 0.303 e. The average molecular weight is 483 g/mol.